The fourth-order valence-electron chi connectivity index (χ4n) is 0.299. The predicted octanol–water partition coefficient (Wildman–Crippen LogP) is 0.288. The van der Waals surface area contributed by atoms with Crippen molar-refractivity contribution < 1.29 is 9.53 Å². The first kappa shape index (κ1) is 9.23. The molecule has 0 bridgehead atoms. The van der Waals surface area contributed by atoms with Gasteiger partial charge in [0.15, 0.2) is 5.57 Å². The summed E-state index contributed by atoms with van der Waals surface area (Å²) in [7, 11) is 1.19. The third kappa shape index (κ3) is 2.23. The van der Waals surface area contributed by atoms with Crippen LogP contribution in [0.1, 0.15) is 0 Å². The number of halogens is 1. The van der Waals surface area contributed by atoms with Gasteiger partial charge in [-0.3, -0.25) is 0 Å². The molecule has 0 unspecified atom stereocenters. The Bertz CT molecular complexity index is 212. The number of carbonyl (C=O) groups excluding carboxylic acids is 1. The van der Waals surface area contributed by atoms with Gasteiger partial charge in [0.05, 0.1) is 10.8 Å². The van der Waals surface area contributed by atoms with E-state index in [0.29, 0.717) is 0 Å². The van der Waals surface area contributed by atoms with Gasteiger partial charge in [0.25, 0.3) is 0 Å². The van der Waals surface area contributed by atoms with Gasteiger partial charge in [0.2, 0.25) is 0 Å². The summed E-state index contributed by atoms with van der Waals surface area (Å²) in [4.78, 5) is 10.6. The number of nitriles is 1. The Morgan fingerprint density at radius 2 is 2.30 bits per heavy atom. The molecule has 0 saturated carbocycles. The molecular weight excluding hydrogens is 247 g/mol. The van der Waals surface area contributed by atoms with Gasteiger partial charge in [0, 0.05) is 0 Å². The molecule has 0 spiro atoms. The minimum atomic E-state index is -0.700. The second-order valence-corrected chi connectivity index (χ2v) is 2.49. The van der Waals surface area contributed by atoms with E-state index in [9.17, 15) is 4.79 Å². The van der Waals surface area contributed by atoms with Crippen LogP contribution >= 0.6 is 22.6 Å². The average molecular weight is 252 g/mol. The summed E-state index contributed by atoms with van der Waals surface area (Å²) in [5.41, 5.74) is 5.02. The highest BCUT2D eigenvalue weighted by molar-refractivity contribution is 14.1. The lowest BCUT2D eigenvalue weighted by atomic mass is 10.3. The van der Waals surface area contributed by atoms with Gasteiger partial charge in [-0.15, -0.1) is 0 Å². The highest BCUT2D eigenvalue weighted by Gasteiger charge is 2.10. The summed E-state index contributed by atoms with van der Waals surface area (Å²) in [5, 5.41) is 8.30. The maximum atomic E-state index is 10.6. The second kappa shape index (κ2) is 4.11. The molecule has 2 N–H and O–H groups in total. The van der Waals surface area contributed by atoms with Gasteiger partial charge in [0.1, 0.15) is 6.07 Å². The number of nitrogens with zero attached hydrogens (tertiary/aromatic N) is 1. The van der Waals surface area contributed by atoms with Gasteiger partial charge in [-0.25, -0.2) is 4.79 Å². The molecule has 0 amide bonds. The van der Waals surface area contributed by atoms with Crippen molar-refractivity contribution in [2.45, 2.75) is 0 Å². The Morgan fingerprint density at radius 3 is 2.40 bits per heavy atom. The van der Waals surface area contributed by atoms with Crippen LogP contribution in [-0.2, 0) is 9.53 Å². The minimum absolute atomic E-state index is 0.145. The van der Waals surface area contributed by atoms with Crippen molar-refractivity contribution in [2.75, 3.05) is 7.11 Å². The Hall–Kier alpha value is -0.770. The summed E-state index contributed by atoms with van der Waals surface area (Å²) in [6, 6.07) is 1.62. The van der Waals surface area contributed by atoms with Crippen LogP contribution in [-0.4, -0.2) is 13.1 Å². The van der Waals surface area contributed by atoms with Gasteiger partial charge in [-0.05, 0) is 22.6 Å². The lowest BCUT2D eigenvalue weighted by Crippen LogP contribution is -2.07. The second-order valence-electron chi connectivity index (χ2n) is 1.33. The third-order valence-electron chi connectivity index (χ3n) is 0.740. The van der Waals surface area contributed by atoms with Crippen LogP contribution in [0.25, 0.3) is 0 Å². The Kier molecular flexibility index (Phi) is 3.79. The highest BCUT2D eigenvalue weighted by atomic mass is 127. The Morgan fingerprint density at radius 1 is 1.80 bits per heavy atom. The number of nitrogens with two attached hydrogens (primary N) is 1. The molecule has 0 aliphatic heterocycles. The molecule has 0 aliphatic rings. The molecule has 0 aromatic carbocycles. The highest BCUT2D eigenvalue weighted by Crippen LogP contribution is 2.06. The van der Waals surface area contributed by atoms with E-state index in [1.807, 2.05) is 0 Å². The molecule has 0 aromatic heterocycles. The van der Waals surface area contributed by atoms with Crippen LogP contribution in [0, 0.1) is 11.3 Å². The van der Waals surface area contributed by atoms with E-state index in [2.05, 4.69) is 4.74 Å². The van der Waals surface area contributed by atoms with Crippen LogP contribution in [0.15, 0.2) is 9.28 Å². The quantitative estimate of drug-likeness (QED) is 0.239. The molecule has 0 heterocycles. The molecule has 0 atom stereocenters. The zero-order valence-corrected chi connectivity index (χ0v) is 7.38. The molecule has 0 rings (SSSR count). The van der Waals surface area contributed by atoms with Crippen molar-refractivity contribution in [2.24, 2.45) is 5.73 Å². The van der Waals surface area contributed by atoms with Crippen LogP contribution in [0.5, 0.6) is 0 Å². The molecule has 4 nitrogen and oxygen atoms in total. The van der Waals surface area contributed by atoms with E-state index in [1.54, 1.807) is 28.7 Å². The smallest absolute Gasteiger partial charge is 0.351 e. The lowest BCUT2D eigenvalue weighted by Gasteiger charge is -1.95. The molecule has 0 aliphatic carbocycles. The van der Waals surface area contributed by atoms with E-state index < -0.39 is 5.97 Å². The summed E-state index contributed by atoms with van der Waals surface area (Å²) < 4.78 is 4.41. The normalized spacial score (nSPS) is 11.3. The molecule has 0 fully saturated rings. The molecular formula is C5H5IN2O2. The van der Waals surface area contributed by atoms with Crippen molar-refractivity contribution in [1.29, 1.82) is 5.26 Å². The van der Waals surface area contributed by atoms with Crippen molar-refractivity contribution in [3.63, 3.8) is 0 Å². The standard InChI is InChI=1S/C5H5IN2O2/c1-10-5(9)3(2-7)4(6)8/h8H2,1H3. The first-order chi connectivity index (χ1) is 4.63. The van der Waals surface area contributed by atoms with Crippen molar-refractivity contribution in [1.82, 2.24) is 0 Å². The zero-order chi connectivity index (χ0) is 8.15. The fraction of sp³-hybridized carbons (Fsp3) is 0.200. The number of hydrogen-bond donors (Lipinski definition) is 1. The number of ether oxygens (including phenoxy) is 1. The SMILES string of the molecule is COC(=O)C(C#N)=C(N)I. The lowest BCUT2D eigenvalue weighted by molar-refractivity contribution is -0.135. The van der Waals surface area contributed by atoms with Crippen LogP contribution in [0.3, 0.4) is 0 Å². The Balaban J connectivity index is 4.59. The molecule has 0 saturated heterocycles. The maximum absolute atomic E-state index is 10.6. The number of rotatable bonds is 1. The molecule has 5 heteroatoms. The van der Waals surface area contributed by atoms with E-state index in [1.165, 1.54) is 7.11 Å². The summed E-state index contributed by atoms with van der Waals surface area (Å²) in [5.74, 6) is -0.700. The van der Waals surface area contributed by atoms with E-state index in [4.69, 9.17) is 11.0 Å². The molecule has 10 heavy (non-hydrogen) atoms. The van der Waals surface area contributed by atoms with Crippen molar-refractivity contribution >= 4 is 28.6 Å². The third-order valence-corrected chi connectivity index (χ3v) is 1.28. The van der Waals surface area contributed by atoms with E-state index in [0.717, 1.165) is 0 Å². The van der Waals surface area contributed by atoms with Crippen LogP contribution in [0.4, 0.5) is 0 Å². The van der Waals surface area contributed by atoms with Crippen molar-refractivity contribution in [3.05, 3.63) is 9.28 Å². The molecule has 54 valence electrons. The number of methoxy groups -OCH3 is 1. The minimum Gasteiger partial charge on any atom is -0.465 e. The van der Waals surface area contributed by atoms with Crippen LogP contribution < -0.4 is 5.73 Å². The monoisotopic (exact) mass is 252 g/mol. The average Bonchev–Trinajstić information content (AvgIpc) is 1.88. The number of esters is 1. The van der Waals surface area contributed by atoms with E-state index >= 15 is 0 Å². The summed E-state index contributed by atoms with van der Waals surface area (Å²) in [6.07, 6.45) is 0. The number of hydrogen-bond acceptors (Lipinski definition) is 4. The molecule has 0 aromatic rings. The predicted molar refractivity (Wildman–Crippen MR) is 42.9 cm³/mol. The zero-order valence-electron chi connectivity index (χ0n) is 5.22. The first-order valence-corrected chi connectivity index (χ1v) is 3.35. The Labute approximate surface area is 71.8 Å². The van der Waals surface area contributed by atoms with Gasteiger partial charge in [-0.1, -0.05) is 0 Å². The largest absolute Gasteiger partial charge is 0.465 e. The topological polar surface area (TPSA) is 76.1 Å². The summed E-state index contributed by atoms with van der Waals surface area (Å²) in [6.45, 7) is 0. The maximum Gasteiger partial charge on any atom is 0.351 e. The van der Waals surface area contributed by atoms with Crippen LogP contribution in [0.2, 0.25) is 0 Å². The number of carbonyl (C=O) groups is 1. The van der Waals surface area contributed by atoms with E-state index in [-0.39, 0.29) is 9.28 Å². The fourth-order valence-corrected chi connectivity index (χ4v) is 0.639. The van der Waals surface area contributed by atoms with Gasteiger partial charge >= 0.3 is 5.97 Å². The van der Waals surface area contributed by atoms with Gasteiger partial charge < -0.3 is 10.5 Å². The first-order valence-electron chi connectivity index (χ1n) is 2.27. The van der Waals surface area contributed by atoms with Gasteiger partial charge in [-0.2, -0.15) is 5.26 Å². The molecule has 0 radical (unpaired) electrons. The summed E-state index contributed by atoms with van der Waals surface area (Å²) >= 11 is 1.68. The van der Waals surface area contributed by atoms with Crippen molar-refractivity contribution in [3.8, 4) is 6.07 Å².